The highest BCUT2D eigenvalue weighted by Crippen LogP contribution is 2.27. The third-order valence-electron chi connectivity index (χ3n) is 4.84. The first-order valence-corrected chi connectivity index (χ1v) is 11.7. The number of carbonyl (C=O) groups excluding carboxylic acids is 1. The molecule has 0 aliphatic rings. The van der Waals surface area contributed by atoms with E-state index in [1.54, 1.807) is 14.0 Å². The van der Waals surface area contributed by atoms with Crippen LogP contribution in [0.4, 0.5) is 5.13 Å². The minimum absolute atomic E-state index is 0.0655. The number of rotatable bonds is 7. The minimum Gasteiger partial charge on any atom is -0.497 e. The zero-order valence-corrected chi connectivity index (χ0v) is 19.5. The predicted octanol–water partition coefficient (Wildman–Crippen LogP) is 4.48. The van der Waals surface area contributed by atoms with Crippen LogP contribution in [-0.2, 0) is 17.0 Å². The van der Waals surface area contributed by atoms with E-state index in [1.165, 1.54) is 23.1 Å². The molecular weight excluding hydrogens is 444 g/mol. The lowest BCUT2D eigenvalue weighted by atomic mass is 10.1. The standard InChI is InChI=1S/C23H22N4O3S2/c1-13-7-8-18-19(9-13)32-23(25-18)26-20(28)11-17-14(2)24-22(27-21(17)29)31-12-15-5-4-6-16(10-15)30-3/h4-10H,11-12H2,1-3H3,(H,24,27,29)(H,25,26,28). The van der Waals surface area contributed by atoms with E-state index < -0.39 is 0 Å². The Labute approximate surface area is 193 Å². The molecule has 0 aliphatic carbocycles. The molecule has 0 saturated carbocycles. The van der Waals surface area contributed by atoms with E-state index in [-0.39, 0.29) is 17.9 Å². The van der Waals surface area contributed by atoms with Gasteiger partial charge in [-0.05, 0) is 49.2 Å². The molecule has 32 heavy (non-hydrogen) atoms. The van der Waals surface area contributed by atoms with Crippen LogP contribution in [-0.4, -0.2) is 28.0 Å². The van der Waals surface area contributed by atoms with Crippen molar-refractivity contribution in [2.75, 3.05) is 12.4 Å². The Hall–Kier alpha value is -3.17. The molecule has 9 heteroatoms. The molecule has 4 rings (SSSR count). The van der Waals surface area contributed by atoms with Crippen LogP contribution < -0.4 is 15.6 Å². The van der Waals surface area contributed by atoms with E-state index in [0.717, 1.165) is 27.1 Å². The van der Waals surface area contributed by atoms with E-state index in [4.69, 9.17) is 4.74 Å². The molecule has 0 aliphatic heterocycles. The van der Waals surface area contributed by atoms with Crippen molar-refractivity contribution in [2.45, 2.75) is 31.2 Å². The van der Waals surface area contributed by atoms with Gasteiger partial charge in [-0.1, -0.05) is 41.3 Å². The summed E-state index contributed by atoms with van der Waals surface area (Å²) in [7, 11) is 1.63. The number of amides is 1. The number of hydrogen-bond donors (Lipinski definition) is 2. The number of nitrogens with one attached hydrogen (secondary N) is 2. The number of methoxy groups -OCH3 is 1. The molecule has 4 aromatic rings. The maximum atomic E-state index is 12.6. The summed E-state index contributed by atoms with van der Waals surface area (Å²) in [5, 5.41) is 3.83. The summed E-state index contributed by atoms with van der Waals surface area (Å²) < 4.78 is 6.25. The highest BCUT2D eigenvalue weighted by molar-refractivity contribution is 7.98. The van der Waals surface area contributed by atoms with Crippen LogP contribution in [0.15, 0.2) is 52.4 Å². The summed E-state index contributed by atoms with van der Waals surface area (Å²) in [4.78, 5) is 36.9. The number of aromatic nitrogens is 3. The predicted molar refractivity (Wildman–Crippen MR) is 129 cm³/mol. The van der Waals surface area contributed by atoms with Gasteiger partial charge < -0.3 is 15.0 Å². The Morgan fingerprint density at radius 1 is 1.19 bits per heavy atom. The molecule has 0 spiro atoms. The molecule has 7 nitrogen and oxygen atoms in total. The topological polar surface area (TPSA) is 97.0 Å². The quantitative estimate of drug-likeness (QED) is 0.308. The van der Waals surface area contributed by atoms with Gasteiger partial charge in [0.2, 0.25) is 5.91 Å². The molecular formula is C23H22N4O3S2. The lowest BCUT2D eigenvalue weighted by molar-refractivity contribution is -0.115. The van der Waals surface area contributed by atoms with Gasteiger partial charge in [-0.15, -0.1) is 0 Å². The number of H-pyrrole nitrogens is 1. The number of aromatic amines is 1. The van der Waals surface area contributed by atoms with Crippen molar-refractivity contribution in [1.29, 1.82) is 0 Å². The van der Waals surface area contributed by atoms with Crippen LogP contribution in [0, 0.1) is 13.8 Å². The fraction of sp³-hybridized carbons (Fsp3) is 0.217. The van der Waals surface area contributed by atoms with Crippen molar-refractivity contribution in [1.82, 2.24) is 15.0 Å². The Bertz CT molecular complexity index is 1350. The van der Waals surface area contributed by atoms with Gasteiger partial charge in [0.05, 0.1) is 23.7 Å². The SMILES string of the molecule is COc1cccc(CSc2nc(C)c(CC(=O)Nc3nc4ccc(C)cc4s3)c(=O)[nH]2)c1. The average Bonchev–Trinajstić information content (AvgIpc) is 3.16. The molecule has 0 saturated heterocycles. The lowest BCUT2D eigenvalue weighted by Gasteiger charge is -2.08. The molecule has 0 atom stereocenters. The van der Waals surface area contributed by atoms with Crippen LogP contribution in [0.5, 0.6) is 5.75 Å². The minimum atomic E-state index is -0.305. The van der Waals surface area contributed by atoms with E-state index in [0.29, 0.717) is 27.3 Å². The average molecular weight is 467 g/mol. The van der Waals surface area contributed by atoms with E-state index in [9.17, 15) is 9.59 Å². The van der Waals surface area contributed by atoms with Gasteiger partial charge in [0.15, 0.2) is 10.3 Å². The number of benzene rings is 2. The summed E-state index contributed by atoms with van der Waals surface area (Å²) >= 11 is 2.84. The van der Waals surface area contributed by atoms with Gasteiger partial charge in [-0.2, -0.15) is 0 Å². The van der Waals surface area contributed by atoms with Crippen molar-refractivity contribution >= 4 is 44.4 Å². The monoisotopic (exact) mass is 466 g/mol. The van der Waals surface area contributed by atoms with Crippen LogP contribution in [0.25, 0.3) is 10.2 Å². The number of nitrogens with zero attached hydrogens (tertiary/aromatic N) is 2. The fourth-order valence-electron chi connectivity index (χ4n) is 3.18. The van der Waals surface area contributed by atoms with Crippen LogP contribution in [0.3, 0.4) is 0 Å². The zero-order valence-electron chi connectivity index (χ0n) is 17.9. The second-order valence-corrected chi connectivity index (χ2v) is 9.29. The molecule has 1 amide bonds. The second kappa shape index (κ2) is 9.54. The van der Waals surface area contributed by atoms with Crippen molar-refractivity contribution < 1.29 is 9.53 Å². The molecule has 2 heterocycles. The summed E-state index contributed by atoms with van der Waals surface area (Å²) in [5.41, 5.74) is 3.62. The summed E-state index contributed by atoms with van der Waals surface area (Å²) in [6.45, 7) is 3.76. The third kappa shape index (κ3) is 5.17. The first kappa shape index (κ1) is 22.0. The largest absolute Gasteiger partial charge is 0.497 e. The van der Waals surface area contributed by atoms with Crippen LogP contribution in [0.1, 0.15) is 22.4 Å². The Morgan fingerprint density at radius 3 is 2.81 bits per heavy atom. The van der Waals surface area contributed by atoms with Gasteiger partial charge in [0, 0.05) is 17.0 Å². The number of ether oxygens (including phenoxy) is 1. The van der Waals surface area contributed by atoms with Gasteiger partial charge in [-0.25, -0.2) is 9.97 Å². The Morgan fingerprint density at radius 2 is 2.03 bits per heavy atom. The molecule has 0 bridgehead atoms. The lowest BCUT2D eigenvalue weighted by Crippen LogP contribution is -2.23. The first-order valence-electron chi connectivity index (χ1n) is 9.94. The van der Waals surface area contributed by atoms with E-state index >= 15 is 0 Å². The fourth-order valence-corrected chi connectivity index (χ4v) is 5.01. The molecule has 164 valence electrons. The van der Waals surface area contributed by atoms with E-state index in [1.807, 2.05) is 49.4 Å². The van der Waals surface area contributed by atoms with Crippen LogP contribution in [0.2, 0.25) is 0 Å². The number of carbonyl (C=O) groups is 1. The van der Waals surface area contributed by atoms with Crippen molar-refractivity contribution in [2.24, 2.45) is 0 Å². The van der Waals surface area contributed by atoms with E-state index in [2.05, 4.69) is 20.3 Å². The summed E-state index contributed by atoms with van der Waals surface area (Å²) in [6, 6.07) is 13.7. The maximum absolute atomic E-state index is 12.6. The van der Waals surface area contributed by atoms with Crippen molar-refractivity contribution in [3.05, 3.63) is 75.2 Å². The van der Waals surface area contributed by atoms with Crippen molar-refractivity contribution in [3.63, 3.8) is 0 Å². The molecule has 0 fully saturated rings. The molecule has 0 unspecified atom stereocenters. The van der Waals surface area contributed by atoms with Gasteiger partial charge >= 0.3 is 0 Å². The highest BCUT2D eigenvalue weighted by Gasteiger charge is 2.15. The van der Waals surface area contributed by atoms with Gasteiger partial charge in [-0.3, -0.25) is 9.59 Å². The van der Waals surface area contributed by atoms with Gasteiger partial charge in [0.25, 0.3) is 5.56 Å². The molecule has 2 aromatic carbocycles. The zero-order chi connectivity index (χ0) is 22.7. The number of anilines is 1. The molecule has 2 aromatic heterocycles. The number of thioether (sulfide) groups is 1. The number of hydrogen-bond acceptors (Lipinski definition) is 7. The number of thiazole rings is 1. The van der Waals surface area contributed by atoms with Crippen LogP contribution >= 0.6 is 23.1 Å². The molecule has 2 N–H and O–H groups in total. The third-order valence-corrected chi connectivity index (χ3v) is 6.72. The summed E-state index contributed by atoms with van der Waals surface area (Å²) in [6.07, 6.45) is -0.0655. The van der Waals surface area contributed by atoms with Crippen molar-refractivity contribution in [3.8, 4) is 5.75 Å². The molecule has 0 radical (unpaired) electrons. The normalized spacial score (nSPS) is 11.0. The highest BCUT2D eigenvalue weighted by atomic mass is 32.2. The smallest absolute Gasteiger partial charge is 0.255 e. The Balaban J connectivity index is 1.43. The first-order chi connectivity index (χ1) is 15.4. The Kier molecular flexibility index (Phi) is 6.57. The number of fused-ring (bicyclic) bond motifs is 1. The maximum Gasteiger partial charge on any atom is 0.255 e. The summed E-state index contributed by atoms with van der Waals surface area (Å²) in [5.74, 6) is 1.12. The second-order valence-electron chi connectivity index (χ2n) is 7.29. The number of aryl methyl sites for hydroxylation is 2. The van der Waals surface area contributed by atoms with Gasteiger partial charge in [0.1, 0.15) is 5.75 Å².